The number of nitrogens with one attached hydrogen (secondary N) is 1. The minimum atomic E-state index is -4.16. The maximum absolute atomic E-state index is 15.7. The fourth-order valence-corrected chi connectivity index (χ4v) is 3.39. The van der Waals surface area contributed by atoms with Crippen LogP contribution in [0.5, 0.6) is 0 Å². The third-order valence-electron chi connectivity index (χ3n) is 5.23. The predicted molar refractivity (Wildman–Crippen MR) is 118 cm³/mol. The van der Waals surface area contributed by atoms with Gasteiger partial charge in [0.05, 0.1) is 6.54 Å². The van der Waals surface area contributed by atoms with Gasteiger partial charge in [-0.3, -0.25) is 9.78 Å². The average molecular weight is 496 g/mol. The lowest BCUT2D eigenvalue weighted by Gasteiger charge is -2.35. The van der Waals surface area contributed by atoms with E-state index in [0.717, 1.165) is 35.4 Å². The quantitative estimate of drug-likeness (QED) is 0.232. The Kier molecular flexibility index (Phi) is 6.75. The highest BCUT2D eigenvalue weighted by Crippen LogP contribution is 2.46. The Morgan fingerprint density at radius 3 is 2.36 bits per heavy atom. The summed E-state index contributed by atoms with van der Waals surface area (Å²) in [6.45, 7) is -0.951. The largest absolute Gasteiger partial charge is 0.377 e. The van der Waals surface area contributed by atoms with Crippen LogP contribution in [0.25, 0.3) is 0 Å². The molecular weight excluding hydrogens is 480 g/mol. The molecule has 1 amide bonds. The summed E-state index contributed by atoms with van der Waals surface area (Å²) in [5.41, 5.74) is -3.49. The number of rotatable bonds is 7. The molecule has 2 N–H and O–H groups in total. The van der Waals surface area contributed by atoms with Gasteiger partial charge in [0.2, 0.25) is 6.41 Å². The van der Waals surface area contributed by atoms with E-state index in [1.54, 1.807) is 24.3 Å². The maximum atomic E-state index is 15.7. The molecule has 2 aromatic carbocycles. The molecule has 1 atom stereocenters. The Morgan fingerprint density at radius 1 is 1.03 bits per heavy atom. The first kappa shape index (κ1) is 24.5. The van der Waals surface area contributed by atoms with Crippen molar-refractivity contribution in [2.24, 2.45) is 0 Å². The normalized spacial score (nSPS) is 12.8. The van der Waals surface area contributed by atoms with E-state index in [0.29, 0.717) is 29.3 Å². The molecule has 0 aliphatic carbocycles. The number of nitrogens with zero attached hydrogens (tertiary/aromatic N) is 5. The number of benzene rings is 2. The number of pyridine rings is 1. The molecule has 2 aromatic heterocycles. The van der Waals surface area contributed by atoms with Gasteiger partial charge in [0, 0.05) is 34.6 Å². The third kappa shape index (κ3) is 4.91. The smallest absolute Gasteiger partial charge is 0.323 e. The van der Waals surface area contributed by atoms with Crippen LogP contribution in [0.15, 0.2) is 67.1 Å². The van der Waals surface area contributed by atoms with Crippen molar-refractivity contribution in [3.05, 3.63) is 101 Å². The van der Waals surface area contributed by atoms with Gasteiger partial charge in [-0.15, -0.1) is 5.10 Å². The lowest BCUT2D eigenvalue weighted by Crippen LogP contribution is -2.48. The SMILES string of the molecule is O=CNc1ccc(C#Cc2ccc(C(F)(F)C(O)(Cn3cnnn3)c3ccc(F)cc3F)nc2)cc1. The summed E-state index contributed by atoms with van der Waals surface area (Å²) in [5, 5.41) is 23.8. The van der Waals surface area contributed by atoms with E-state index in [2.05, 4.69) is 37.7 Å². The Balaban J connectivity index is 1.66. The van der Waals surface area contributed by atoms with Crippen molar-refractivity contribution in [1.29, 1.82) is 0 Å². The summed E-state index contributed by atoms with van der Waals surface area (Å²) < 4.78 is 60.2. The molecule has 0 bridgehead atoms. The lowest BCUT2D eigenvalue weighted by atomic mass is 9.84. The number of aromatic nitrogens is 5. The zero-order valence-electron chi connectivity index (χ0n) is 18.2. The van der Waals surface area contributed by atoms with Crippen LogP contribution in [0.2, 0.25) is 0 Å². The van der Waals surface area contributed by atoms with Gasteiger partial charge >= 0.3 is 5.92 Å². The number of carbonyl (C=O) groups excluding carboxylic acids is 1. The molecule has 0 fully saturated rings. The minimum Gasteiger partial charge on any atom is -0.377 e. The van der Waals surface area contributed by atoms with Crippen molar-refractivity contribution in [2.75, 3.05) is 5.32 Å². The molecule has 182 valence electrons. The highest BCUT2D eigenvalue weighted by molar-refractivity contribution is 5.71. The molecular formula is C24H16F4N6O2. The number of halogens is 4. The number of hydrogen-bond donors (Lipinski definition) is 2. The topological polar surface area (TPSA) is 106 Å². The van der Waals surface area contributed by atoms with Gasteiger partial charge < -0.3 is 10.4 Å². The highest BCUT2D eigenvalue weighted by Gasteiger charge is 2.57. The first-order valence-corrected chi connectivity index (χ1v) is 10.3. The third-order valence-corrected chi connectivity index (χ3v) is 5.23. The van der Waals surface area contributed by atoms with Crippen molar-refractivity contribution in [3.8, 4) is 11.8 Å². The van der Waals surface area contributed by atoms with Gasteiger partial charge in [0.1, 0.15) is 23.7 Å². The molecule has 0 spiro atoms. The second kappa shape index (κ2) is 9.93. The number of tetrazole rings is 1. The first-order chi connectivity index (χ1) is 17.2. The molecule has 12 heteroatoms. The van der Waals surface area contributed by atoms with E-state index in [1.165, 1.54) is 6.07 Å². The van der Waals surface area contributed by atoms with Crippen LogP contribution in [0.1, 0.15) is 22.4 Å². The van der Waals surface area contributed by atoms with Crippen LogP contribution in [-0.2, 0) is 22.9 Å². The molecule has 2 heterocycles. The second-order valence-corrected chi connectivity index (χ2v) is 7.59. The molecule has 8 nitrogen and oxygen atoms in total. The van der Waals surface area contributed by atoms with Gasteiger partial charge in [-0.05, 0) is 59.0 Å². The van der Waals surface area contributed by atoms with E-state index in [1.807, 2.05) is 0 Å². The molecule has 4 aromatic rings. The van der Waals surface area contributed by atoms with Crippen LogP contribution in [0.4, 0.5) is 23.2 Å². The Morgan fingerprint density at radius 2 is 1.75 bits per heavy atom. The summed E-state index contributed by atoms with van der Waals surface area (Å²) in [6, 6.07) is 10.7. The predicted octanol–water partition coefficient (Wildman–Crippen LogP) is 2.99. The summed E-state index contributed by atoms with van der Waals surface area (Å²) in [4.78, 5) is 14.2. The zero-order valence-corrected chi connectivity index (χ0v) is 18.2. The van der Waals surface area contributed by atoms with Crippen molar-refractivity contribution in [2.45, 2.75) is 18.1 Å². The molecule has 4 rings (SSSR count). The van der Waals surface area contributed by atoms with Crippen LogP contribution in [0, 0.1) is 23.5 Å². The number of carbonyl (C=O) groups is 1. The highest BCUT2D eigenvalue weighted by atomic mass is 19.3. The fourth-order valence-electron chi connectivity index (χ4n) is 3.39. The Bertz CT molecular complexity index is 1420. The summed E-state index contributed by atoms with van der Waals surface area (Å²) >= 11 is 0. The van der Waals surface area contributed by atoms with E-state index in [4.69, 9.17) is 0 Å². The molecule has 0 saturated heterocycles. The van der Waals surface area contributed by atoms with Gasteiger partial charge in [0.15, 0.2) is 5.60 Å². The van der Waals surface area contributed by atoms with Crippen molar-refractivity contribution in [3.63, 3.8) is 0 Å². The Hall–Kier alpha value is -4.63. The van der Waals surface area contributed by atoms with Gasteiger partial charge in [-0.2, -0.15) is 8.78 Å². The van der Waals surface area contributed by atoms with Crippen LogP contribution in [-0.4, -0.2) is 36.7 Å². The first-order valence-electron chi connectivity index (χ1n) is 10.3. The molecule has 36 heavy (non-hydrogen) atoms. The summed E-state index contributed by atoms with van der Waals surface area (Å²) in [6.07, 6.45) is 2.59. The molecule has 0 aliphatic heterocycles. The van der Waals surface area contributed by atoms with E-state index in [9.17, 15) is 18.7 Å². The lowest BCUT2D eigenvalue weighted by molar-refractivity contribution is -0.207. The summed E-state index contributed by atoms with van der Waals surface area (Å²) in [7, 11) is 0. The van der Waals surface area contributed by atoms with Crippen molar-refractivity contribution < 1.29 is 27.5 Å². The van der Waals surface area contributed by atoms with Crippen molar-refractivity contribution in [1.82, 2.24) is 25.2 Å². The standard InChI is InChI=1S/C24H16F4N6O2/c25-18-6-9-20(21(26)11-18)23(36,13-34-14-31-32-33-34)24(27,28)22-10-5-17(12-29-22)2-1-16-3-7-19(8-4-16)30-15-35/h3-12,14-15,36H,13H2,(H,30,35). The van der Waals surface area contributed by atoms with E-state index >= 15 is 8.78 Å². The van der Waals surface area contributed by atoms with Crippen molar-refractivity contribution >= 4 is 12.1 Å². The number of anilines is 1. The Labute approximate surface area is 201 Å². The van der Waals surface area contributed by atoms with Gasteiger partial charge in [-0.1, -0.05) is 11.8 Å². The number of aliphatic hydroxyl groups is 1. The molecule has 0 radical (unpaired) electrons. The molecule has 0 aliphatic rings. The van der Waals surface area contributed by atoms with E-state index in [-0.39, 0.29) is 0 Å². The van der Waals surface area contributed by atoms with Crippen LogP contribution >= 0.6 is 0 Å². The number of alkyl halides is 2. The zero-order chi connectivity index (χ0) is 25.8. The number of amides is 1. The van der Waals surface area contributed by atoms with Crippen LogP contribution < -0.4 is 5.32 Å². The monoisotopic (exact) mass is 496 g/mol. The maximum Gasteiger partial charge on any atom is 0.323 e. The average Bonchev–Trinajstić information content (AvgIpc) is 3.36. The second-order valence-electron chi connectivity index (χ2n) is 7.59. The van der Waals surface area contributed by atoms with Gasteiger partial charge in [0.25, 0.3) is 0 Å². The van der Waals surface area contributed by atoms with E-state index < -0.39 is 41.0 Å². The fraction of sp³-hybridized carbons (Fsp3) is 0.125. The summed E-state index contributed by atoms with van der Waals surface area (Å²) in [5.74, 6) is -0.930. The molecule has 0 saturated carbocycles. The molecule has 1 unspecified atom stereocenters. The minimum absolute atomic E-state index is 0.293. The van der Waals surface area contributed by atoms with Crippen LogP contribution in [0.3, 0.4) is 0 Å². The number of hydrogen-bond acceptors (Lipinski definition) is 6. The van der Waals surface area contributed by atoms with Gasteiger partial charge in [-0.25, -0.2) is 13.5 Å².